The SMILES string of the molecule is N#Cc1ccc2ncc3nc(CN4CCCS4(=O)=O)n(C4CCOCC4)c3c2c1. The van der Waals surface area contributed by atoms with E-state index in [1.807, 2.05) is 12.1 Å². The second-order valence-corrected chi connectivity index (χ2v) is 9.67. The highest BCUT2D eigenvalue weighted by Gasteiger charge is 2.31. The van der Waals surface area contributed by atoms with Crippen molar-refractivity contribution in [3.63, 3.8) is 0 Å². The molecule has 1 aromatic carbocycles. The Balaban J connectivity index is 1.73. The molecule has 0 aliphatic carbocycles. The van der Waals surface area contributed by atoms with Crippen LogP contribution in [0.25, 0.3) is 21.9 Å². The van der Waals surface area contributed by atoms with Crippen molar-refractivity contribution < 1.29 is 13.2 Å². The average Bonchev–Trinajstić information content (AvgIpc) is 3.27. The monoisotopic (exact) mass is 411 g/mol. The van der Waals surface area contributed by atoms with E-state index in [4.69, 9.17) is 9.72 Å². The summed E-state index contributed by atoms with van der Waals surface area (Å²) >= 11 is 0. The smallest absolute Gasteiger partial charge is 0.214 e. The van der Waals surface area contributed by atoms with Crippen molar-refractivity contribution in [1.82, 2.24) is 18.8 Å². The Morgan fingerprint density at radius 3 is 2.79 bits per heavy atom. The molecule has 9 heteroatoms. The summed E-state index contributed by atoms with van der Waals surface area (Å²) in [5.41, 5.74) is 3.01. The van der Waals surface area contributed by atoms with E-state index in [9.17, 15) is 13.7 Å². The number of ether oxygens (including phenoxy) is 1. The van der Waals surface area contributed by atoms with Crippen LogP contribution in [0.15, 0.2) is 24.4 Å². The van der Waals surface area contributed by atoms with Crippen LogP contribution in [0.2, 0.25) is 0 Å². The topological polar surface area (TPSA) is 101 Å². The third-order valence-electron chi connectivity index (χ3n) is 5.79. The maximum Gasteiger partial charge on any atom is 0.214 e. The molecule has 3 aromatic rings. The Morgan fingerprint density at radius 1 is 1.24 bits per heavy atom. The molecule has 0 spiro atoms. The molecule has 0 N–H and O–H groups in total. The van der Waals surface area contributed by atoms with Gasteiger partial charge in [0.2, 0.25) is 10.0 Å². The molecule has 150 valence electrons. The maximum absolute atomic E-state index is 12.4. The molecule has 0 unspecified atom stereocenters. The van der Waals surface area contributed by atoms with Gasteiger partial charge in [-0.15, -0.1) is 0 Å². The molecule has 29 heavy (non-hydrogen) atoms. The molecule has 5 rings (SSSR count). The highest BCUT2D eigenvalue weighted by atomic mass is 32.2. The number of nitriles is 1. The number of aromatic nitrogens is 3. The van der Waals surface area contributed by atoms with Crippen LogP contribution in [-0.2, 0) is 21.3 Å². The first-order valence-electron chi connectivity index (χ1n) is 9.82. The predicted molar refractivity (Wildman–Crippen MR) is 108 cm³/mol. The summed E-state index contributed by atoms with van der Waals surface area (Å²) in [6.07, 6.45) is 4.07. The molecule has 0 radical (unpaired) electrons. The van der Waals surface area contributed by atoms with E-state index in [0.29, 0.717) is 31.7 Å². The molecular formula is C20H21N5O3S. The predicted octanol–water partition coefficient (Wildman–Crippen LogP) is 2.34. The van der Waals surface area contributed by atoms with E-state index in [2.05, 4.69) is 15.6 Å². The summed E-state index contributed by atoms with van der Waals surface area (Å²) in [7, 11) is -3.23. The van der Waals surface area contributed by atoms with E-state index < -0.39 is 10.0 Å². The number of fused-ring (bicyclic) bond motifs is 3. The van der Waals surface area contributed by atoms with Crippen molar-refractivity contribution >= 4 is 32.0 Å². The fraction of sp³-hybridized carbons (Fsp3) is 0.450. The van der Waals surface area contributed by atoms with Crippen LogP contribution in [0.4, 0.5) is 0 Å². The van der Waals surface area contributed by atoms with Gasteiger partial charge in [-0.2, -0.15) is 9.57 Å². The molecule has 8 nitrogen and oxygen atoms in total. The van der Waals surface area contributed by atoms with Crippen molar-refractivity contribution in [3.8, 4) is 6.07 Å². The minimum absolute atomic E-state index is 0.172. The zero-order valence-corrected chi connectivity index (χ0v) is 16.7. The van der Waals surface area contributed by atoms with Gasteiger partial charge in [0.05, 0.1) is 41.2 Å². The van der Waals surface area contributed by atoms with Gasteiger partial charge in [-0.1, -0.05) is 0 Å². The third kappa shape index (κ3) is 3.17. The van der Waals surface area contributed by atoms with Gasteiger partial charge in [0.1, 0.15) is 11.3 Å². The lowest BCUT2D eigenvalue weighted by Crippen LogP contribution is -2.28. The normalized spacial score (nSPS) is 20.4. The molecule has 2 fully saturated rings. The Morgan fingerprint density at radius 2 is 2.07 bits per heavy atom. The lowest BCUT2D eigenvalue weighted by molar-refractivity contribution is 0.0696. The third-order valence-corrected chi connectivity index (χ3v) is 7.70. The number of hydrogen-bond donors (Lipinski definition) is 0. The molecule has 0 bridgehead atoms. The molecule has 0 saturated carbocycles. The highest BCUT2D eigenvalue weighted by molar-refractivity contribution is 7.89. The fourth-order valence-corrected chi connectivity index (χ4v) is 5.84. The molecule has 2 saturated heterocycles. The number of hydrogen-bond acceptors (Lipinski definition) is 6. The number of imidazole rings is 1. The first kappa shape index (κ1) is 18.5. The number of rotatable bonds is 3. The van der Waals surface area contributed by atoms with Gasteiger partial charge in [-0.05, 0) is 37.5 Å². The lowest BCUT2D eigenvalue weighted by atomic mass is 10.1. The number of pyridine rings is 1. The van der Waals surface area contributed by atoms with Crippen molar-refractivity contribution in [2.24, 2.45) is 0 Å². The molecule has 2 aromatic heterocycles. The van der Waals surface area contributed by atoms with E-state index >= 15 is 0 Å². The van der Waals surface area contributed by atoms with Crippen molar-refractivity contribution in [2.75, 3.05) is 25.5 Å². The zero-order valence-electron chi connectivity index (χ0n) is 15.9. The van der Waals surface area contributed by atoms with Crippen molar-refractivity contribution in [3.05, 3.63) is 35.8 Å². The molecule has 2 aliphatic rings. The maximum atomic E-state index is 12.4. The van der Waals surface area contributed by atoms with Gasteiger partial charge in [0, 0.05) is 31.2 Å². The molecule has 0 atom stereocenters. The van der Waals surface area contributed by atoms with Crippen LogP contribution >= 0.6 is 0 Å². The van der Waals surface area contributed by atoms with Gasteiger partial charge in [0.15, 0.2) is 0 Å². The second kappa shape index (κ2) is 7.06. The second-order valence-electron chi connectivity index (χ2n) is 7.58. The van der Waals surface area contributed by atoms with Crippen LogP contribution in [0.3, 0.4) is 0 Å². The van der Waals surface area contributed by atoms with Gasteiger partial charge in [-0.25, -0.2) is 13.4 Å². The van der Waals surface area contributed by atoms with E-state index in [-0.39, 0.29) is 18.3 Å². The summed E-state index contributed by atoms with van der Waals surface area (Å²) in [4.78, 5) is 9.30. The summed E-state index contributed by atoms with van der Waals surface area (Å²) in [6, 6.07) is 7.82. The minimum Gasteiger partial charge on any atom is -0.381 e. The quantitative estimate of drug-likeness (QED) is 0.656. The average molecular weight is 411 g/mol. The first-order valence-corrected chi connectivity index (χ1v) is 11.4. The summed E-state index contributed by atoms with van der Waals surface area (Å²) in [5, 5.41) is 10.2. The molecular weight excluding hydrogens is 390 g/mol. The molecule has 4 heterocycles. The van der Waals surface area contributed by atoms with E-state index in [1.54, 1.807) is 12.3 Å². The van der Waals surface area contributed by atoms with Crippen LogP contribution < -0.4 is 0 Å². The van der Waals surface area contributed by atoms with Crippen molar-refractivity contribution in [1.29, 1.82) is 5.26 Å². The van der Waals surface area contributed by atoms with Gasteiger partial charge < -0.3 is 9.30 Å². The number of sulfonamides is 1. The van der Waals surface area contributed by atoms with Gasteiger partial charge >= 0.3 is 0 Å². The van der Waals surface area contributed by atoms with Crippen LogP contribution in [-0.4, -0.2) is 52.8 Å². The van der Waals surface area contributed by atoms with Gasteiger partial charge in [0.25, 0.3) is 0 Å². The minimum atomic E-state index is -3.23. The van der Waals surface area contributed by atoms with Gasteiger partial charge in [-0.3, -0.25) is 4.98 Å². The van der Waals surface area contributed by atoms with Crippen LogP contribution in [0.5, 0.6) is 0 Å². The van der Waals surface area contributed by atoms with Crippen LogP contribution in [0.1, 0.15) is 36.7 Å². The Labute approximate surface area is 168 Å². The van der Waals surface area contributed by atoms with E-state index in [0.717, 1.165) is 40.6 Å². The Bertz CT molecular complexity index is 1240. The summed E-state index contributed by atoms with van der Waals surface area (Å²) < 4.78 is 34.0. The van der Waals surface area contributed by atoms with Crippen molar-refractivity contribution in [2.45, 2.75) is 31.8 Å². The molecule has 0 amide bonds. The number of benzene rings is 1. The van der Waals surface area contributed by atoms with E-state index in [1.165, 1.54) is 4.31 Å². The fourth-order valence-electron chi connectivity index (χ4n) is 4.37. The zero-order chi connectivity index (χ0) is 20.0. The first-order chi connectivity index (χ1) is 14.1. The molecule has 2 aliphatic heterocycles. The summed E-state index contributed by atoms with van der Waals surface area (Å²) in [5.74, 6) is 0.926. The lowest BCUT2D eigenvalue weighted by Gasteiger charge is -2.27. The standard InChI is InChI=1S/C20H21N5O3S/c21-11-14-2-3-17-16(10-14)20-18(12-22-17)23-19(13-24-6-1-9-29(24,26)27)25(20)15-4-7-28-8-5-15/h2-3,10,12,15H,1,4-9,13H2. The Kier molecular flexibility index (Phi) is 4.50. The largest absolute Gasteiger partial charge is 0.381 e. The Hall–Kier alpha value is -2.54. The van der Waals surface area contributed by atoms with Crippen LogP contribution in [0, 0.1) is 11.3 Å². The summed E-state index contributed by atoms with van der Waals surface area (Å²) in [6.45, 7) is 2.11. The highest BCUT2D eigenvalue weighted by Crippen LogP contribution is 2.33. The number of nitrogens with zero attached hydrogens (tertiary/aromatic N) is 5.